The van der Waals surface area contributed by atoms with Crippen LogP contribution in [0.25, 0.3) is 11.1 Å². The number of benzene rings is 1. The molecule has 3 aromatic rings. The summed E-state index contributed by atoms with van der Waals surface area (Å²) in [6.45, 7) is 0.541. The number of aryl methyl sites for hydroxylation is 2. The largest absolute Gasteiger partial charge is 0.476 e. The second-order valence-electron chi connectivity index (χ2n) is 8.24. The quantitative estimate of drug-likeness (QED) is 0.247. The number of alkyl halides is 2. The molecule has 0 bridgehead atoms. The molecule has 37 heavy (non-hydrogen) atoms. The average Bonchev–Trinajstić information content (AvgIpc) is 3.21. The Labute approximate surface area is 221 Å². The molecule has 3 N–H and O–H groups in total. The number of ether oxygens (including phenoxy) is 2. The Morgan fingerprint density at radius 2 is 2.00 bits per heavy atom. The van der Waals surface area contributed by atoms with Crippen LogP contribution in [0.1, 0.15) is 10.4 Å². The minimum absolute atomic E-state index is 0.0648. The number of hydrogen-bond donors (Lipinski definition) is 2. The number of carbonyl (C=O) groups is 1. The minimum atomic E-state index is -2.52. The molecule has 2 heterocycles. The van der Waals surface area contributed by atoms with E-state index in [1.807, 2.05) is 12.1 Å². The predicted molar refractivity (Wildman–Crippen MR) is 140 cm³/mol. The lowest BCUT2D eigenvalue weighted by molar-refractivity contribution is 0.0599. The summed E-state index contributed by atoms with van der Waals surface area (Å²) < 4.78 is 40.6. The first-order valence-corrected chi connectivity index (χ1v) is 12.1. The third kappa shape index (κ3) is 7.29. The number of methoxy groups -OCH3 is 1. The molecule has 0 fully saturated rings. The number of halogens is 3. The van der Waals surface area contributed by atoms with E-state index in [0.717, 1.165) is 4.47 Å². The molecule has 0 radical (unpaired) electrons. The van der Waals surface area contributed by atoms with Crippen molar-refractivity contribution in [1.82, 2.24) is 19.2 Å². The topological polar surface area (TPSA) is 117 Å². The number of nitrogens with one attached hydrogen (secondary N) is 1. The molecule has 13 heteroatoms. The normalized spacial score (nSPS) is 11.2. The third-order valence-corrected chi connectivity index (χ3v) is 6.07. The van der Waals surface area contributed by atoms with Gasteiger partial charge in [-0.15, -0.1) is 0 Å². The average molecular weight is 583 g/mol. The van der Waals surface area contributed by atoms with Crippen molar-refractivity contribution < 1.29 is 23.0 Å². The maximum absolute atomic E-state index is 13.2. The summed E-state index contributed by atoms with van der Waals surface area (Å²) in [4.78, 5) is 26.4. The first-order chi connectivity index (χ1) is 17.6. The summed E-state index contributed by atoms with van der Waals surface area (Å²) in [6, 6.07) is 6.80. The van der Waals surface area contributed by atoms with Gasteiger partial charge in [0.05, 0.1) is 47.9 Å². The Morgan fingerprint density at radius 3 is 2.70 bits per heavy atom. The molecule has 0 aliphatic carbocycles. The standard InChI is InChI=1S/C24H29BrF2N6O4/c1-31-13-15(24(35)36-3)10-17(22(31)34)18-12-30-32(2)23(18)37-9-8-33(14-21(26)27)7-6-29-20-11-16(25)4-5-19(20)28/h4-5,10-13,21,29H,6-9,14,28H2,1-3H3. The number of nitrogens with two attached hydrogens (primary N) is 1. The molecule has 200 valence electrons. The molecule has 0 amide bonds. The Bertz CT molecular complexity index is 1300. The molecule has 3 rings (SSSR count). The van der Waals surface area contributed by atoms with E-state index in [2.05, 4.69) is 26.3 Å². The van der Waals surface area contributed by atoms with Crippen molar-refractivity contribution in [2.45, 2.75) is 6.43 Å². The van der Waals surface area contributed by atoms with E-state index >= 15 is 0 Å². The van der Waals surface area contributed by atoms with Gasteiger partial charge < -0.3 is 25.1 Å². The number of carbonyl (C=O) groups excluding carboxylic acids is 1. The van der Waals surface area contributed by atoms with Gasteiger partial charge in [-0.25, -0.2) is 18.3 Å². The van der Waals surface area contributed by atoms with Gasteiger partial charge in [-0.2, -0.15) is 5.10 Å². The van der Waals surface area contributed by atoms with Crippen LogP contribution in [0.15, 0.2) is 45.9 Å². The fraction of sp³-hybridized carbons (Fsp3) is 0.375. The summed E-state index contributed by atoms with van der Waals surface area (Å²) in [5, 5.41) is 7.33. The van der Waals surface area contributed by atoms with Gasteiger partial charge in [0.15, 0.2) is 0 Å². The lowest BCUT2D eigenvalue weighted by atomic mass is 10.1. The summed E-state index contributed by atoms with van der Waals surface area (Å²) in [6.07, 6.45) is 0.315. The molecule has 0 saturated carbocycles. The Hall–Kier alpha value is -3.45. The van der Waals surface area contributed by atoms with Crippen molar-refractivity contribution in [3.8, 4) is 17.0 Å². The Balaban J connectivity index is 1.70. The van der Waals surface area contributed by atoms with Crippen LogP contribution in [-0.4, -0.2) is 71.5 Å². The van der Waals surface area contributed by atoms with Crippen LogP contribution < -0.4 is 21.3 Å². The second-order valence-corrected chi connectivity index (χ2v) is 9.15. The molecule has 1 aromatic carbocycles. The maximum atomic E-state index is 13.2. The van der Waals surface area contributed by atoms with E-state index in [1.54, 1.807) is 18.0 Å². The van der Waals surface area contributed by atoms with Crippen LogP contribution in [0, 0.1) is 0 Å². The van der Waals surface area contributed by atoms with Crippen LogP contribution in [0.5, 0.6) is 5.88 Å². The van der Waals surface area contributed by atoms with Crippen LogP contribution in [0.2, 0.25) is 0 Å². The highest BCUT2D eigenvalue weighted by atomic mass is 79.9. The van der Waals surface area contributed by atoms with Gasteiger partial charge in [-0.3, -0.25) is 9.69 Å². The van der Waals surface area contributed by atoms with Crippen molar-refractivity contribution in [3.05, 3.63) is 57.0 Å². The first-order valence-electron chi connectivity index (χ1n) is 11.3. The molecule has 2 aromatic heterocycles. The number of nitrogen functional groups attached to an aromatic ring is 1. The molecule has 0 saturated heterocycles. The highest BCUT2D eigenvalue weighted by Crippen LogP contribution is 2.28. The zero-order valence-corrected chi connectivity index (χ0v) is 22.3. The molecule has 0 atom stereocenters. The van der Waals surface area contributed by atoms with Gasteiger partial charge in [0, 0.05) is 44.4 Å². The van der Waals surface area contributed by atoms with E-state index < -0.39 is 18.9 Å². The summed E-state index contributed by atoms with van der Waals surface area (Å²) in [5.74, 6) is -0.319. The number of esters is 1. The van der Waals surface area contributed by atoms with Gasteiger partial charge in [0.2, 0.25) is 5.88 Å². The van der Waals surface area contributed by atoms with E-state index in [9.17, 15) is 18.4 Å². The number of hydrogen-bond acceptors (Lipinski definition) is 8. The zero-order chi connectivity index (χ0) is 27.1. The van der Waals surface area contributed by atoms with E-state index in [-0.39, 0.29) is 35.7 Å². The monoisotopic (exact) mass is 582 g/mol. The molecule has 0 aliphatic heterocycles. The van der Waals surface area contributed by atoms with Crippen LogP contribution in [-0.2, 0) is 18.8 Å². The number of pyridine rings is 1. The summed E-state index contributed by atoms with van der Waals surface area (Å²) in [7, 11) is 4.41. The van der Waals surface area contributed by atoms with E-state index in [1.165, 1.54) is 41.9 Å². The third-order valence-electron chi connectivity index (χ3n) is 5.58. The lowest BCUT2D eigenvalue weighted by Crippen LogP contribution is -2.36. The van der Waals surface area contributed by atoms with Crippen molar-refractivity contribution in [1.29, 1.82) is 0 Å². The van der Waals surface area contributed by atoms with Gasteiger partial charge in [-0.05, 0) is 24.3 Å². The molecule has 0 spiro atoms. The zero-order valence-electron chi connectivity index (χ0n) is 20.7. The highest BCUT2D eigenvalue weighted by Gasteiger charge is 2.20. The molecular formula is C24H29BrF2N6O4. The Morgan fingerprint density at radius 1 is 1.24 bits per heavy atom. The number of rotatable bonds is 12. The van der Waals surface area contributed by atoms with E-state index in [0.29, 0.717) is 30.0 Å². The van der Waals surface area contributed by atoms with Gasteiger partial charge in [0.25, 0.3) is 12.0 Å². The van der Waals surface area contributed by atoms with Crippen LogP contribution in [0.3, 0.4) is 0 Å². The molecule has 0 unspecified atom stereocenters. The molecular weight excluding hydrogens is 554 g/mol. The lowest BCUT2D eigenvalue weighted by Gasteiger charge is -2.23. The number of anilines is 2. The Kier molecular flexibility index (Phi) is 9.64. The predicted octanol–water partition coefficient (Wildman–Crippen LogP) is 2.98. The van der Waals surface area contributed by atoms with E-state index in [4.69, 9.17) is 15.2 Å². The van der Waals surface area contributed by atoms with Crippen LogP contribution in [0.4, 0.5) is 20.2 Å². The van der Waals surface area contributed by atoms with Crippen LogP contribution >= 0.6 is 15.9 Å². The smallest absolute Gasteiger partial charge is 0.339 e. The number of nitrogens with zero attached hydrogens (tertiary/aromatic N) is 4. The SMILES string of the molecule is COC(=O)c1cc(-c2cnn(C)c2OCCN(CCNc2cc(Br)ccc2N)CC(F)F)c(=O)n(C)c1. The summed E-state index contributed by atoms with van der Waals surface area (Å²) in [5.41, 5.74) is 7.63. The van der Waals surface area contributed by atoms with Crippen molar-refractivity contribution >= 4 is 33.3 Å². The van der Waals surface area contributed by atoms with Crippen molar-refractivity contribution in [2.75, 3.05) is 50.9 Å². The summed E-state index contributed by atoms with van der Waals surface area (Å²) >= 11 is 3.38. The van der Waals surface area contributed by atoms with Gasteiger partial charge in [-0.1, -0.05) is 15.9 Å². The highest BCUT2D eigenvalue weighted by molar-refractivity contribution is 9.10. The second kappa shape index (κ2) is 12.7. The minimum Gasteiger partial charge on any atom is -0.476 e. The van der Waals surface area contributed by atoms with Crippen molar-refractivity contribution in [2.24, 2.45) is 14.1 Å². The van der Waals surface area contributed by atoms with Crippen molar-refractivity contribution in [3.63, 3.8) is 0 Å². The fourth-order valence-electron chi connectivity index (χ4n) is 3.71. The fourth-order valence-corrected chi connectivity index (χ4v) is 4.07. The number of aromatic nitrogens is 3. The molecule has 0 aliphatic rings. The van der Waals surface area contributed by atoms with Gasteiger partial charge in [0.1, 0.15) is 6.61 Å². The molecule has 10 nitrogen and oxygen atoms in total. The van der Waals surface area contributed by atoms with Gasteiger partial charge >= 0.3 is 5.97 Å². The maximum Gasteiger partial charge on any atom is 0.339 e. The first kappa shape index (κ1) is 28.1.